The van der Waals surface area contributed by atoms with E-state index in [1.54, 1.807) is 0 Å². The number of benzene rings is 3. The summed E-state index contributed by atoms with van der Waals surface area (Å²) in [5.41, 5.74) is 8.25. The number of nitrogens with zero attached hydrogens (tertiary/aromatic N) is 1. The zero-order chi connectivity index (χ0) is 19.5. The van der Waals surface area contributed by atoms with Crippen molar-refractivity contribution < 1.29 is 9.53 Å². The summed E-state index contributed by atoms with van der Waals surface area (Å²) in [6, 6.07) is 23.6. The minimum absolute atomic E-state index is 0.132. The van der Waals surface area contributed by atoms with Crippen LogP contribution < -0.4 is 10.2 Å². The van der Waals surface area contributed by atoms with Crippen LogP contribution in [0.4, 0.5) is 0 Å². The van der Waals surface area contributed by atoms with Crippen LogP contribution in [-0.4, -0.2) is 11.6 Å². The van der Waals surface area contributed by atoms with Gasteiger partial charge in [-0.3, -0.25) is 4.79 Å². The van der Waals surface area contributed by atoms with Gasteiger partial charge in [-0.1, -0.05) is 60.2 Å². The Labute approximate surface area is 164 Å². The van der Waals surface area contributed by atoms with E-state index in [4.69, 9.17) is 4.74 Å². The fraction of sp³-hybridized carbons (Fsp3) is 0.167. The Bertz CT molecular complexity index is 1040. The van der Waals surface area contributed by atoms with E-state index in [1.165, 1.54) is 0 Å². The first-order chi connectivity index (χ1) is 13.6. The average molecular weight is 370 g/mol. The summed E-state index contributed by atoms with van der Waals surface area (Å²) >= 11 is 0. The Balaban J connectivity index is 1.62. The Morgan fingerprint density at radius 3 is 2.54 bits per heavy atom. The lowest BCUT2D eigenvalue weighted by molar-refractivity contribution is 0.0953. The molecule has 0 bridgehead atoms. The molecule has 3 aromatic rings. The zero-order valence-corrected chi connectivity index (χ0v) is 16.0. The fourth-order valence-corrected chi connectivity index (χ4v) is 3.49. The lowest BCUT2D eigenvalue weighted by Gasteiger charge is -2.27. The third kappa shape index (κ3) is 3.67. The van der Waals surface area contributed by atoms with E-state index in [2.05, 4.69) is 10.5 Å². The third-order valence-corrected chi connectivity index (χ3v) is 4.94. The predicted octanol–water partition coefficient (Wildman–Crippen LogP) is 4.96. The van der Waals surface area contributed by atoms with Gasteiger partial charge >= 0.3 is 0 Å². The molecule has 0 saturated carbocycles. The monoisotopic (exact) mass is 370 g/mol. The first-order valence-electron chi connectivity index (χ1n) is 9.37. The van der Waals surface area contributed by atoms with Crippen molar-refractivity contribution in [2.75, 3.05) is 0 Å². The summed E-state index contributed by atoms with van der Waals surface area (Å²) in [6.07, 6.45) is 0.460. The number of amides is 1. The summed E-state index contributed by atoms with van der Waals surface area (Å²) < 4.78 is 6.18. The van der Waals surface area contributed by atoms with E-state index in [1.807, 2.05) is 86.6 Å². The van der Waals surface area contributed by atoms with Crippen molar-refractivity contribution in [2.45, 2.75) is 26.4 Å². The van der Waals surface area contributed by atoms with Crippen LogP contribution in [0.15, 0.2) is 77.9 Å². The van der Waals surface area contributed by atoms with E-state index in [0.717, 1.165) is 33.7 Å². The summed E-state index contributed by atoms with van der Waals surface area (Å²) in [5.74, 6) is 0.576. The molecule has 3 aromatic carbocycles. The van der Waals surface area contributed by atoms with Crippen molar-refractivity contribution in [3.05, 3.63) is 101 Å². The van der Waals surface area contributed by atoms with Gasteiger partial charge in [0.05, 0.1) is 5.71 Å². The van der Waals surface area contributed by atoms with E-state index < -0.39 is 0 Å². The van der Waals surface area contributed by atoms with E-state index in [9.17, 15) is 4.79 Å². The van der Waals surface area contributed by atoms with Gasteiger partial charge in [-0.2, -0.15) is 5.10 Å². The molecular formula is C24H22N2O2. The zero-order valence-electron chi connectivity index (χ0n) is 16.0. The van der Waals surface area contributed by atoms with Crippen LogP contribution in [0, 0.1) is 13.8 Å². The highest BCUT2D eigenvalue weighted by molar-refractivity contribution is 6.05. The van der Waals surface area contributed by atoms with Gasteiger partial charge in [0.15, 0.2) is 0 Å². The number of nitrogens with one attached hydrogen (secondary N) is 1. The van der Waals surface area contributed by atoms with Crippen molar-refractivity contribution in [1.29, 1.82) is 0 Å². The summed E-state index contributed by atoms with van der Waals surface area (Å²) in [5, 5.41) is 4.48. The molecule has 4 nitrogen and oxygen atoms in total. The SMILES string of the molecule is Cc1ccc(C(=O)N/N=C2/CC(c3ccccc3)Oc3ccccc32)c(C)c1. The van der Waals surface area contributed by atoms with Crippen LogP contribution in [0.3, 0.4) is 0 Å². The van der Waals surface area contributed by atoms with Gasteiger partial charge in [-0.05, 0) is 43.2 Å². The minimum atomic E-state index is -0.203. The molecule has 1 atom stereocenters. The van der Waals surface area contributed by atoms with Crippen molar-refractivity contribution in [2.24, 2.45) is 5.10 Å². The molecule has 28 heavy (non-hydrogen) atoms. The lowest BCUT2D eigenvalue weighted by atomic mass is 9.96. The number of hydrogen-bond donors (Lipinski definition) is 1. The molecule has 1 N–H and O–H groups in total. The van der Waals surface area contributed by atoms with Crippen molar-refractivity contribution in [3.63, 3.8) is 0 Å². The van der Waals surface area contributed by atoms with Gasteiger partial charge in [-0.25, -0.2) is 5.43 Å². The molecule has 0 spiro atoms. The number of aryl methyl sites for hydroxylation is 2. The lowest BCUT2D eigenvalue weighted by Crippen LogP contribution is -2.25. The van der Waals surface area contributed by atoms with Gasteiger partial charge < -0.3 is 4.74 Å². The molecule has 0 saturated heterocycles. The van der Waals surface area contributed by atoms with Crippen LogP contribution >= 0.6 is 0 Å². The number of rotatable bonds is 3. The second kappa shape index (κ2) is 7.69. The number of hydrogen-bond acceptors (Lipinski definition) is 3. The maximum atomic E-state index is 12.6. The summed E-state index contributed by atoms with van der Waals surface area (Å²) in [6.45, 7) is 3.95. The van der Waals surface area contributed by atoms with Crippen molar-refractivity contribution >= 4 is 11.6 Å². The molecule has 0 radical (unpaired) electrons. The molecular weight excluding hydrogens is 348 g/mol. The second-order valence-corrected chi connectivity index (χ2v) is 7.04. The predicted molar refractivity (Wildman–Crippen MR) is 111 cm³/mol. The average Bonchev–Trinajstić information content (AvgIpc) is 2.72. The van der Waals surface area contributed by atoms with E-state index in [-0.39, 0.29) is 12.0 Å². The molecule has 1 aliphatic heterocycles. The van der Waals surface area contributed by atoms with Gasteiger partial charge in [0, 0.05) is 17.5 Å². The fourth-order valence-electron chi connectivity index (χ4n) is 3.49. The molecule has 1 heterocycles. The molecule has 4 heteroatoms. The molecule has 0 aliphatic carbocycles. The molecule has 4 rings (SSSR count). The Morgan fingerprint density at radius 1 is 1.00 bits per heavy atom. The van der Waals surface area contributed by atoms with Crippen molar-refractivity contribution in [1.82, 2.24) is 5.43 Å². The van der Waals surface area contributed by atoms with E-state index >= 15 is 0 Å². The molecule has 140 valence electrons. The third-order valence-electron chi connectivity index (χ3n) is 4.94. The highest BCUT2D eigenvalue weighted by atomic mass is 16.5. The van der Waals surface area contributed by atoms with Crippen LogP contribution in [0.2, 0.25) is 0 Å². The Kier molecular flexibility index (Phi) is 4.94. The topological polar surface area (TPSA) is 50.7 Å². The largest absolute Gasteiger partial charge is 0.485 e. The first-order valence-corrected chi connectivity index (χ1v) is 9.37. The standard InChI is InChI=1S/C24H22N2O2/c1-16-12-13-19(17(2)14-16)24(27)26-25-21-15-23(18-8-4-3-5-9-18)28-22-11-7-6-10-20(21)22/h3-14,23H,15H2,1-2H3,(H,26,27)/b25-21-. The number of carbonyl (C=O) groups excluding carboxylic acids is 1. The number of hydrazone groups is 1. The van der Waals surface area contributed by atoms with Gasteiger partial charge in [0.2, 0.25) is 0 Å². The number of ether oxygens (including phenoxy) is 1. The smallest absolute Gasteiger partial charge is 0.271 e. The highest BCUT2D eigenvalue weighted by Crippen LogP contribution is 2.34. The summed E-state index contributed by atoms with van der Waals surface area (Å²) in [7, 11) is 0. The molecule has 0 fully saturated rings. The number of fused-ring (bicyclic) bond motifs is 1. The van der Waals surface area contributed by atoms with Gasteiger partial charge in [0.1, 0.15) is 11.9 Å². The van der Waals surface area contributed by atoms with Gasteiger partial charge in [0.25, 0.3) is 5.91 Å². The maximum Gasteiger partial charge on any atom is 0.271 e. The maximum absolute atomic E-state index is 12.6. The van der Waals surface area contributed by atoms with Crippen LogP contribution in [-0.2, 0) is 0 Å². The normalized spacial score (nSPS) is 16.9. The quantitative estimate of drug-likeness (QED) is 0.663. The Hall–Kier alpha value is -3.40. The summed E-state index contributed by atoms with van der Waals surface area (Å²) in [4.78, 5) is 12.6. The van der Waals surface area contributed by atoms with Crippen LogP contribution in [0.25, 0.3) is 0 Å². The van der Waals surface area contributed by atoms with Crippen LogP contribution in [0.5, 0.6) is 5.75 Å². The molecule has 1 aliphatic rings. The highest BCUT2D eigenvalue weighted by Gasteiger charge is 2.26. The van der Waals surface area contributed by atoms with Gasteiger partial charge in [-0.15, -0.1) is 0 Å². The number of carbonyl (C=O) groups is 1. The van der Waals surface area contributed by atoms with Crippen molar-refractivity contribution in [3.8, 4) is 5.75 Å². The van der Waals surface area contributed by atoms with E-state index in [0.29, 0.717) is 12.0 Å². The Morgan fingerprint density at radius 2 is 1.75 bits per heavy atom. The number of para-hydroxylation sites is 1. The molecule has 0 aromatic heterocycles. The molecule has 1 amide bonds. The molecule has 1 unspecified atom stereocenters. The van der Waals surface area contributed by atoms with Crippen LogP contribution in [0.1, 0.15) is 45.1 Å². The first kappa shape index (κ1) is 18.0. The minimum Gasteiger partial charge on any atom is -0.485 e. The second-order valence-electron chi connectivity index (χ2n) is 7.04.